The molecule has 0 aliphatic carbocycles. The maximum atomic E-state index is 11.6. The van der Waals surface area contributed by atoms with Crippen LogP contribution < -0.4 is 15.6 Å². The Morgan fingerprint density at radius 2 is 1.95 bits per heavy atom. The van der Waals surface area contributed by atoms with Gasteiger partial charge in [0.15, 0.2) is 0 Å². The topological polar surface area (TPSA) is 118 Å². The van der Waals surface area contributed by atoms with Crippen molar-refractivity contribution in [2.45, 2.75) is 11.3 Å². The van der Waals surface area contributed by atoms with Crippen molar-refractivity contribution in [3.8, 4) is 0 Å². The highest BCUT2D eigenvalue weighted by atomic mass is 32.2. The van der Waals surface area contributed by atoms with E-state index in [2.05, 4.69) is 15.6 Å². The van der Waals surface area contributed by atoms with E-state index < -0.39 is 10.0 Å². The van der Waals surface area contributed by atoms with Gasteiger partial charge in [-0.25, -0.2) is 18.6 Å². The number of carbonyl (C=O) groups is 1. The van der Waals surface area contributed by atoms with Crippen LogP contribution in [0.3, 0.4) is 0 Å². The highest BCUT2D eigenvalue weighted by molar-refractivity contribution is 7.91. The van der Waals surface area contributed by atoms with Gasteiger partial charge in [0, 0.05) is 6.92 Å². The first-order valence-corrected chi connectivity index (χ1v) is 7.73. The zero-order chi connectivity index (χ0) is 14.8. The molecule has 10 heteroatoms. The molecule has 0 aliphatic heterocycles. The Balaban J connectivity index is 2.26. The van der Waals surface area contributed by atoms with E-state index in [0.29, 0.717) is 5.69 Å². The van der Waals surface area contributed by atoms with Crippen molar-refractivity contribution in [1.29, 1.82) is 0 Å². The van der Waals surface area contributed by atoms with Crippen molar-refractivity contribution in [1.82, 2.24) is 10.2 Å². The van der Waals surface area contributed by atoms with Gasteiger partial charge in [0.05, 0.1) is 5.69 Å². The van der Waals surface area contributed by atoms with Gasteiger partial charge in [0.25, 0.3) is 10.0 Å². The molecule has 0 fully saturated rings. The minimum absolute atomic E-state index is 0.146. The highest BCUT2D eigenvalue weighted by Crippen LogP contribution is 2.21. The van der Waals surface area contributed by atoms with E-state index in [-0.39, 0.29) is 15.4 Å². The molecule has 1 heterocycles. The van der Waals surface area contributed by atoms with Crippen LogP contribution in [0.4, 0.5) is 10.8 Å². The molecule has 0 unspecified atom stereocenters. The van der Waals surface area contributed by atoms with E-state index in [1.165, 1.54) is 11.9 Å². The summed E-state index contributed by atoms with van der Waals surface area (Å²) in [5, 5.41) is 13.4. The molecule has 3 N–H and O–H groups in total. The second kappa shape index (κ2) is 5.53. The first-order chi connectivity index (χ1) is 9.38. The standard InChI is InChI=1S/C10H11N5O3S2/c1-7(16)15(8-5-3-2-4-6-8)14-9-12-13-10(19-9)20(11,17)18/h2-6H,1H3,(H,12,14)(H2,11,17,18). The molecule has 2 aromatic rings. The van der Waals surface area contributed by atoms with Crippen molar-refractivity contribution in [3.05, 3.63) is 30.3 Å². The smallest absolute Gasteiger partial charge is 0.267 e. The number of primary sulfonamides is 1. The fourth-order valence-corrected chi connectivity index (χ4v) is 2.69. The van der Waals surface area contributed by atoms with E-state index >= 15 is 0 Å². The molecular formula is C10H11N5O3S2. The lowest BCUT2D eigenvalue weighted by atomic mass is 10.3. The minimum atomic E-state index is -3.90. The Bertz CT molecular complexity index is 714. The third-order valence-corrected chi connectivity index (χ3v) is 4.32. The largest absolute Gasteiger partial charge is 0.273 e. The molecule has 0 radical (unpaired) electrons. The number of nitrogens with two attached hydrogens (primary N) is 1. The number of anilines is 2. The lowest BCUT2D eigenvalue weighted by molar-refractivity contribution is -0.116. The van der Waals surface area contributed by atoms with E-state index in [1.54, 1.807) is 24.3 Å². The lowest BCUT2D eigenvalue weighted by Crippen LogP contribution is -2.34. The van der Waals surface area contributed by atoms with Crippen molar-refractivity contribution in [2.75, 3.05) is 10.4 Å². The van der Waals surface area contributed by atoms with Crippen molar-refractivity contribution >= 4 is 38.1 Å². The van der Waals surface area contributed by atoms with Crippen LogP contribution in [-0.2, 0) is 14.8 Å². The van der Waals surface area contributed by atoms with Crippen molar-refractivity contribution in [2.24, 2.45) is 5.14 Å². The van der Waals surface area contributed by atoms with Crippen LogP contribution >= 0.6 is 11.3 Å². The Kier molecular flexibility index (Phi) is 3.97. The molecular weight excluding hydrogens is 302 g/mol. The molecule has 0 spiro atoms. The van der Waals surface area contributed by atoms with Crippen molar-refractivity contribution in [3.63, 3.8) is 0 Å². The lowest BCUT2D eigenvalue weighted by Gasteiger charge is -2.20. The minimum Gasteiger partial charge on any atom is -0.273 e. The summed E-state index contributed by atoms with van der Waals surface area (Å²) in [4.78, 5) is 11.6. The quantitative estimate of drug-likeness (QED) is 0.796. The average molecular weight is 313 g/mol. The van der Waals surface area contributed by atoms with Gasteiger partial charge in [0.1, 0.15) is 0 Å². The van der Waals surface area contributed by atoms with Gasteiger partial charge < -0.3 is 0 Å². The third-order valence-electron chi connectivity index (χ3n) is 2.19. The molecule has 2 rings (SSSR count). The molecule has 1 aromatic heterocycles. The zero-order valence-electron chi connectivity index (χ0n) is 10.3. The Labute approximate surface area is 119 Å². The van der Waals surface area contributed by atoms with E-state index in [4.69, 9.17) is 5.14 Å². The third kappa shape index (κ3) is 3.29. The van der Waals surface area contributed by atoms with Gasteiger partial charge in [-0.2, -0.15) is 0 Å². The summed E-state index contributed by atoms with van der Waals surface area (Å²) in [5.74, 6) is -0.288. The van der Waals surface area contributed by atoms with E-state index in [9.17, 15) is 13.2 Å². The average Bonchev–Trinajstić information content (AvgIpc) is 2.85. The summed E-state index contributed by atoms with van der Waals surface area (Å²) in [6, 6.07) is 8.78. The molecule has 1 aromatic carbocycles. The predicted octanol–water partition coefficient (Wildman–Crippen LogP) is 0.565. The first kappa shape index (κ1) is 14.4. The Hall–Kier alpha value is -2.04. The number of rotatable bonds is 4. The van der Waals surface area contributed by atoms with Crippen LogP contribution in [0.25, 0.3) is 0 Å². The number of para-hydroxylation sites is 1. The van der Waals surface area contributed by atoms with Gasteiger partial charge in [-0.1, -0.05) is 29.5 Å². The number of sulfonamides is 1. The summed E-state index contributed by atoms with van der Waals surface area (Å²) in [5.41, 5.74) is 3.29. The van der Waals surface area contributed by atoms with Crippen LogP contribution in [0.15, 0.2) is 34.7 Å². The highest BCUT2D eigenvalue weighted by Gasteiger charge is 2.18. The SMILES string of the molecule is CC(=O)N(Nc1nnc(S(N)(=O)=O)s1)c1ccccc1. The maximum absolute atomic E-state index is 11.6. The van der Waals surface area contributed by atoms with Crippen LogP contribution in [0.5, 0.6) is 0 Å². The number of carbonyl (C=O) groups excluding carboxylic acids is 1. The van der Waals surface area contributed by atoms with Crippen LogP contribution in [0.2, 0.25) is 0 Å². The Morgan fingerprint density at radius 1 is 1.30 bits per heavy atom. The predicted molar refractivity (Wildman–Crippen MR) is 74.5 cm³/mol. The Morgan fingerprint density at radius 3 is 2.45 bits per heavy atom. The zero-order valence-corrected chi connectivity index (χ0v) is 12.0. The number of benzene rings is 1. The number of hydrogen-bond donors (Lipinski definition) is 2. The summed E-state index contributed by atoms with van der Waals surface area (Å²) in [6.45, 7) is 1.36. The summed E-state index contributed by atoms with van der Waals surface area (Å²) < 4.78 is 21.9. The number of nitrogens with zero attached hydrogens (tertiary/aromatic N) is 3. The van der Waals surface area contributed by atoms with E-state index in [0.717, 1.165) is 11.3 Å². The molecule has 0 saturated heterocycles. The second-order valence-corrected chi connectivity index (χ2v) is 6.43. The molecule has 0 aliphatic rings. The van der Waals surface area contributed by atoms with Crippen LogP contribution in [0, 0.1) is 0 Å². The number of hydrazine groups is 1. The van der Waals surface area contributed by atoms with Gasteiger partial charge >= 0.3 is 0 Å². The van der Waals surface area contributed by atoms with Gasteiger partial charge in [0.2, 0.25) is 15.4 Å². The van der Waals surface area contributed by atoms with Crippen LogP contribution in [-0.4, -0.2) is 24.5 Å². The normalized spacial score (nSPS) is 11.1. The molecule has 8 nitrogen and oxygen atoms in total. The van der Waals surface area contributed by atoms with E-state index in [1.807, 2.05) is 6.07 Å². The molecule has 0 saturated carbocycles. The number of hydrogen-bond acceptors (Lipinski definition) is 7. The summed E-state index contributed by atoms with van der Waals surface area (Å²) in [6.07, 6.45) is 0. The second-order valence-electron chi connectivity index (χ2n) is 3.72. The molecule has 20 heavy (non-hydrogen) atoms. The molecule has 0 atom stereocenters. The molecule has 0 bridgehead atoms. The van der Waals surface area contributed by atoms with Gasteiger partial charge in [-0.15, -0.1) is 10.2 Å². The summed E-state index contributed by atoms with van der Waals surface area (Å²) in [7, 11) is -3.90. The molecule has 106 valence electrons. The number of amides is 1. The van der Waals surface area contributed by atoms with Crippen molar-refractivity contribution < 1.29 is 13.2 Å². The number of nitrogens with one attached hydrogen (secondary N) is 1. The van der Waals surface area contributed by atoms with Crippen LogP contribution in [0.1, 0.15) is 6.92 Å². The monoisotopic (exact) mass is 313 g/mol. The molecule has 1 amide bonds. The fourth-order valence-electron chi connectivity index (χ4n) is 1.37. The summed E-state index contributed by atoms with van der Waals surface area (Å²) >= 11 is 0.740. The number of aromatic nitrogens is 2. The fraction of sp³-hybridized carbons (Fsp3) is 0.100. The van der Waals surface area contributed by atoms with Gasteiger partial charge in [-0.05, 0) is 12.1 Å². The maximum Gasteiger partial charge on any atom is 0.267 e. The van der Waals surface area contributed by atoms with Gasteiger partial charge in [-0.3, -0.25) is 10.2 Å². The first-order valence-electron chi connectivity index (χ1n) is 5.36.